The summed E-state index contributed by atoms with van der Waals surface area (Å²) in [4.78, 5) is 34.6. The first kappa shape index (κ1) is 15.7. The van der Waals surface area contributed by atoms with Crippen LogP contribution in [0.25, 0.3) is 0 Å². The van der Waals surface area contributed by atoms with Gasteiger partial charge in [-0.25, -0.2) is 4.98 Å². The zero-order valence-corrected chi connectivity index (χ0v) is 14.1. The molecule has 2 aromatic heterocycles. The van der Waals surface area contributed by atoms with Crippen molar-refractivity contribution in [2.24, 2.45) is 7.05 Å². The molecular formula is C17H20N6O2. The monoisotopic (exact) mass is 340 g/mol. The van der Waals surface area contributed by atoms with Gasteiger partial charge >= 0.3 is 0 Å². The maximum Gasteiger partial charge on any atom is 0.293 e. The number of nitrogens with zero attached hydrogens (tertiary/aromatic N) is 5. The van der Waals surface area contributed by atoms with Crippen LogP contribution >= 0.6 is 0 Å². The highest BCUT2D eigenvalue weighted by atomic mass is 16.2. The third-order valence-electron chi connectivity index (χ3n) is 5.27. The molecule has 4 rings (SSSR count). The second kappa shape index (κ2) is 5.94. The van der Waals surface area contributed by atoms with Gasteiger partial charge in [-0.15, -0.1) is 5.10 Å². The fourth-order valence-corrected chi connectivity index (χ4v) is 3.98. The number of nitrogens with one attached hydrogen (secondary N) is 1. The van der Waals surface area contributed by atoms with Crippen molar-refractivity contribution in [3.63, 3.8) is 0 Å². The van der Waals surface area contributed by atoms with Gasteiger partial charge in [-0.3, -0.25) is 19.3 Å². The predicted octanol–water partition coefficient (Wildman–Crippen LogP) is 0.489. The number of amides is 2. The van der Waals surface area contributed by atoms with Crippen LogP contribution in [0.5, 0.6) is 0 Å². The van der Waals surface area contributed by atoms with E-state index in [0.29, 0.717) is 19.5 Å². The van der Waals surface area contributed by atoms with Crippen molar-refractivity contribution < 1.29 is 9.59 Å². The van der Waals surface area contributed by atoms with Crippen molar-refractivity contribution in [1.29, 1.82) is 0 Å². The molecule has 1 unspecified atom stereocenters. The minimum Gasteiger partial charge on any atom is -0.350 e. The Hall–Kier alpha value is -2.77. The Morgan fingerprint density at radius 3 is 2.80 bits per heavy atom. The van der Waals surface area contributed by atoms with E-state index in [0.717, 1.165) is 18.4 Å². The summed E-state index contributed by atoms with van der Waals surface area (Å²) in [5.41, 5.74) is 0.779. The summed E-state index contributed by atoms with van der Waals surface area (Å²) in [5, 5.41) is 7.27. The van der Waals surface area contributed by atoms with Gasteiger partial charge in [0.1, 0.15) is 6.33 Å². The Kier molecular flexibility index (Phi) is 3.74. The first-order valence-corrected chi connectivity index (χ1v) is 8.43. The van der Waals surface area contributed by atoms with Gasteiger partial charge in [-0.2, -0.15) is 0 Å². The topological polar surface area (TPSA) is 93.0 Å². The van der Waals surface area contributed by atoms with Crippen LogP contribution in [0.4, 0.5) is 0 Å². The fraction of sp³-hybridized carbons (Fsp3) is 0.471. The number of carbonyl (C=O) groups excluding carboxylic acids is 2. The Morgan fingerprint density at radius 1 is 1.36 bits per heavy atom. The zero-order valence-electron chi connectivity index (χ0n) is 14.1. The van der Waals surface area contributed by atoms with E-state index in [1.54, 1.807) is 18.1 Å². The van der Waals surface area contributed by atoms with Crippen LogP contribution in [0.1, 0.15) is 41.4 Å². The molecule has 130 valence electrons. The number of carbonyl (C=O) groups is 2. The number of piperidine rings is 1. The SMILES string of the molecule is Cn1cnc(C(=O)N2CCC3(CC2)NC(=O)CC3c2cccnc2)n1. The van der Waals surface area contributed by atoms with Gasteiger partial charge in [0.05, 0.1) is 5.54 Å². The highest BCUT2D eigenvalue weighted by molar-refractivity contribution is 5.90. The minimum atomic E-state index is -0.297. The molecule has 4 heterocycles. The van der Waals surface area contributed by atoms with E-state index in [2.05, 4.69) is 20.4 Å². The highest BCUT2D eigenvalue weighted by Crippen LogP contribution is 2.42. The van der Waals surface area contributed by atoms with Crippen molar-refractivity contribution in [2.45, 2.75) is 30.7 Å². The van der Waals surface area contributed by atoms with Crippen LogP contribution < -0.4 is 5.32 Å². The van der Waals surface area contributed by atoms with E-state index in [9.17, 15) is 9.59 Å². The third-order valence-corrected chi connectivity index (χ3v) is 5.27. The lowest BCUT2D eigenvalue weighted by Gasteiger charge is -2.42. The van der Waals surface area contributed by atoms with Gasteiger partial charge in [-0.1, -0.05) is 6.07 Å². The van der Waals surface area contributed by atoms with Gasteiger partial charge < -0.3 is 10.2 Å². The number of hydrogen-bond acceptors (Lipinski definition) is 5. The maximum absolute atomic E-state index is 12.5. The predicted molar refractivity (Wildman–Crippen MR) is 88.6 cm³/mol. The molecule has 1 spiro atoms. The molecule has 0 saturated carbocycles. The Morgan fingerprint density at radius 2 is 2.16 bits per heavy atom. The standard InChI is InChI=1S/C17H20N6O2/c1-22-11-19-15(21-22)16(25)23-7-4-17(5-8-23)13(9-14(24)20-17)12-3-2-6-18-10-12/h2-3,6,10-11,13H,4-5,7-9H2,1H3,(H,20,24). The molecule has 25 heavy (non-hydrogen) atoms. The Balaban J connectivity index is 1.51. The van der Waals surface area contributed by atoms with Crippen LogP contribution in [-0.2, 0) is 11.8 Å². The smallest absolute Gasteiger partial charge is 0.293 e. The lowest BCUT2D eigenvalue weighted by atomic mass is 9.74. The normalized spacial score (nSPS) is 22.2. The molecule has 2 fully saturated rings. The molecule has 2 aliphatic heterocycles. The van der Waals surface area contributed by atoms with Gasteiger partial charge in [0.25, 0.3) is 5.91 Å². The third kappa shape index (κ3) is 2.77. The lowest BCUT2D eigenvalue weighted by molar-refractivity contribution is -0.120. The first-order chi connectivity index (χ1) is 12.1. The van der Waals surface area contributed by atoms with E-state index >= 15 is 0 Å². The second-order valence-corrected chi connectivity index (χ2v) is 6.78. The summed E-state index contributed by atoms with van der Waals surface area (Å²) in [6, 6.07) is 3.92. The van der Waals surface area contributed by atoms with Crippen LogP contribution in [-0.4, -0.2) is 55.1 Å². The Labute approximate surface area is 145 Å². The number of aryl methyl sites for hydroxylation is 1. The highest BCUT2D eigenvalue weighted by Gasteiger charge is 2.49. The van der Waals surface area contributed by atoms with Crippen LogP contribution in [0.15, 0.2) is 30.9 Å². The zero-order chi connectivity index (χ0) is 17.4. The summed E-state index contributed by atoms with van der Waals surface area (Å²) in [6.45, 7) is 1.16. The van der Waals surface area contributed by atoms with Crippen LogP contribution in [0.3, 0.4) is 0 Å². The summed E-state index contributed by atoms with van der Waals surface area (Å²) in [7, 11) is 1.74. The van der Waals surface area contributed by atoms with Crippen molar-refractivity contribution in [3.05, 3.63) is 42.2 Å². The molecular weight excluding hydrogens is 320 g/mol. The van der Waals surface area contributed by atoms with Crippen LogP contribution in [0.2, 0.25) is 0 Å². The van der Waals surface area contributed by atoms with Crippen molar-refractivity contribution in [3.8, 4) is 0 Å². The average Bonchev–Trinajstić information content (AvgIpc) is 3.19. The number of aromatic nitrogens is 4. The maximum atomic E-state index is 12.5. The molecule has 0 aromatic carbocycles. The van der Waals surface area contributed by atoms with Gasteiger partial charge in [0.2, 0.25) is 11.7 Å². The van der Waals surface area contributed by atoms with Gasteiger partial charge in [0, 0.05) is 44.9 Å². The van der Waals surface area contributed by atoms with E-state index < -0.39 is 0 Å². The second-order valence-electron chi connectivity index (χ2n) is 6.78. The van der Waals surface area contributed by atoms with Crippen molar-refractivity contribution >= 4 is 11.8 Å². The van der Waals surface area contributed by atoms with Gasteiger partial charge in [0.15, 0.2) is 0 Å². The fourth-order valence-electron chi connectivity index (χ4n) is 3.98. The largest absolute Gasteiger partial charge is 0.350 e. The summed E-state index contributed by atoms with van der Waals surface area (Å²) < 4.78 is 1.52. The van der Waals surface area contributed by atoms with E-state index in [-0.39, 0.29) is 29.1 Å². The van der Waals surface area contributed by atoms with Crippen LogP contribution in [0, 0.1) is 0 Å². The molecule has 2 aliphatic rings. The van der Waals surface area contributed by atoms with E-state index in [4.69, 9.17) is 0 Å². The number of hydrogen-bond donors (Lipinski definition) is 1. The van der Waals surface area contributed by atoms with E-state index in [1.807, 2.05) is 18.3 Å². The molecule has 0 bridgehead atoms. The molecule has 1 atom stereocenters. The number of likely N-dealkylation sites (tertiary alicyclic amines) is 1. The molecule has 0 aliphatic carbocycles. The quantitative estimate of drug-likeness (QED) is 0.859. The molecule has 2 amide bonds. The lowest BCUT2D eigenvalue weighted by Crippen LogP contribution is -2.54. The molecule has 2 saturated heterocycles. The van der Waals surface area contributed by atoms with Gasteiger partial charge in [-0.05, 0) is 24.5 Å². The first-order valence-electron chi connectivity index (χ1n) is 8.43. The Bertz CT molecular complexity index is 794. The summed E-state index contributed by atoms with van der Waals surface area (Å²) in [6.07, 6.45) is 7.01. The number of pyridine rings is 1. The summed E-state index contributed by atoms with van der Waals surface area (Å²) in [5.74, 6) is 0.231. The van der Waals surface area contributed by atoms with Crippen molar-refractivity contribution in [2.75, 3.05) is 13.1 Å². The minimum absolute atomic E-state index is 0.0695. The number of rotatable bonds is 2. The molecule has 8 nitrogen and oxygen atoms in total. The van der Waals surface area contributed by atoms with E-state index in [1.165, 1.54) is 11.0 Å². The molecule has 2 aromatic rings. The molecule has 0 radical (unpaired) electrons. The molecule has 1 N–H and O–H groups in total. The average molecular weight is 340 g/mol. The molecule has 8 heteroatoms. The van der Waals surface area contributed by atoms with Crippen molar-refractivity contribution in [1.82, 2.24) is 30.0 Å². The summed E-state index contributed by atoms with van der Waals surface area (Å²) >= 11 is 0.